The van der Waals surface area contributed by atoms with Crippen molar-refractivity contribution in [2.75, 3.05) is 6.54 Å². The van der Waals surface area contributed by atoms with E-state index in [0.717, 1.165) is 42.1 Å². The van der Waals surface area contributed by atoms with Crippen LogP contribution in [-0.2, 0) is 6.42 Å². The lowest BCUT2D eigenvalue weighted by Gasteiger charge is -2.31. The van der Waals surface area contributed by atoms with Crippen LogP contribution in [0, 0.1) is 0 Å². The summed E-state index contributed by atoms with van der Waals surface area (Å²) in [4.78, 5) is 34.9. The van der Waals surface area contributed by atoms with Gasteiger partial charge in [0.25, 0.3) is 11.5 Å². The van der Waals surface area contributed by atoms with Crippen molar-refractivity contribution >= 4 is 27.6 Å². The van der Waals surface area contributed by atoms with Gasteiger partial charge < -0.3 is 4.90 Å². The van der Waals surface area contributed by atoms with Crippen molar-refractivity contribution in [1.82, 2.24) is 14.5 Å². The SMILES string of the molecule is CCCCCN(C(=O)c1ccc2ccccc2c1)C(C)c1nc2ccccc2c(=O)n1-c1ccc(CC)cc1. The molecule has 5 heteroatoms. The fourth-order valence-electron chi connectivity index (χ4n) is 5.19. The number of nitrogens with zero attached hydrogens (tertiary/aromatic N) is 3. The Labute approximate surface area is 229 Å². The fourth-order valence-corrected chi connectivity index (χ4v) is 5.19. The molecule has 1 heterocycles. The molecule has 0 saturated carbocycles. The molecule has 1 amide bonds. The number of rotatable bonds is 9. The molecule has 39 heavy (non-hydrogen) atoms. The van der Waals surface area contributed by atoms with Crippen LogP contribution in [0.4, 0.5) is 0 Å². The van der Waals surface area contributed by atoms with Crippen LogP contribution in [0.2, 0.25) is 0 Å². The summed E-state index contributed by atoms with van der Waals surface area (Å²) in [6, 6.07) is 29.0. The normalized spacial score (nSPS) is 12.1. The Kier molecular flexibility index (Phi) is 7.87. The molecule has 0 aliphatic heterocycles. The molecule has 0 aliphatic rings. The van der Waals surface area contributed by atoms with Crippen LogP contribution >= 0.6 is 0 Å². The van der Waals surface area contributed by atoms with Crippen LogP contribution < -0.4 is 5.56 Å². The van der Waals surface area contributed by atoms with Crippen LogP contribution in [0.15, 0.2) is 95.8 Å². The van der Waals surface area contributed by atoms with Gasteiger partial charge in [-0.1, -0.05) is 81.3 Å². The third-order valence-electron chi connectivity index (χ3n) is 7.51. The van der Waals surface area contributed by atoms with Gasteiger partial charge in [0, 0.05) is 12.1 Å². The molecule has 5 nitrogen and oxygen atoms in total. The number of aromatic nitrogens is 2. The lowest BCUT2D eigenvalue weighted by Crippen LogP contribution is -2.38. The lowest BCUT2D eigenvalue weighted by atomic mass is 10.0. The van der Waals surface area contributed by atoms with E-state index in [9.17, 15) is 9.59 Å². The van der Waals surface area contributed by atoms with Gasteiger partial charge in [0.05, 0.1) is 22.6 Å². The molecule has 0 radical (unpaired) electrons. The molecule has 5 aromatic rings. The molecule has 1 unspecified atom stereocenters. The van der Waals surface area contributed by atoms with Gasteiger partial charge in [-0.25, -0.2) is 4.98 Å². The van der Waals surface area contributed by atoms with E-state index in [1.165, 1.54) is 5.56 Å². The first kappa shape index (κ1) is 26.4. The Balaban J connectivity index is 1.64. The standard InChI is InChI=1S/C34H35N3O2/c1-4-6-11-22-36(33(38)28-19-18-26-12-7-8-13-27(26)23-28)24(3)32-35-31-15-10-9-14-30(31)34(39)37(32)29-20-16-25(5-2)17-21-29/h7-10,12-21,23-24H,4-6,11,22H2,1-3H3. The minimum atomic E-state index is -0.427. The number of unbranched alkanes of at least 4 members (excludes halogenated alkanes) is 2. The van der Waals surface area contributed by atoms with Crippen molar-refractivity contribution in [1.29, 1.82) is 0 Å². The number of aryl methyl sites for hydroxylation is 1. The molecule has 0 bridgehead atoms. The Morgan fingerprint density at radius 3 is 2.33 bits per heavy atom. The van der Waals surface area contributed by atoms with Gasteiger partial charge in [0.1, 0.15) is 5.82 Å². The molecule has 0 spiro atoms. The third kappa shape index (κ3) is 5.35. The highest BCUT2D eigenvalue weighted by Gasteiger charge is 2.27. The molecule has 1 aromatic heterocycles. The van der Waals surface area contributed by atoms with Crippen LogP contribution in [0.25, 0.3) is 27.4 Å². The third-order valence-corrected chi connectivity index (χ3v) is 7.51. The Hall–Kier alpha value is -4.25. The van der Waals surface area contributed by atoms with Crippen molar-refractivity contribution in [2.45, 2.75) is 52.5 Å². The molecule has 0 fully saturated rings. The average molecular weight is 518 g/mol. The van der Waals surface area contributed by atoms with Crippen molar-refractivity contribution < 1.29 is 4.79 Å². The van der Waals surface area contributed by atoms with E-state index < -0.39 is 6.04 Å². The zero-order valence-electron chi connectivity index (χ0n) is 22.9. The van der Waals surface area contributed by atoms with Crippen LogP contribution in [0.5, 0.6) is 0 Å². The zero-order chi connectivity index (χ0) is 27.4. The maximum Gasteiger partial charge on any atom is 0.266 e. The van der Waals surface area contributed by atoms with Crippen molar-refractivity contribution in [2.24, 2.45) is 0 Å². The summed E-state index contributed by atoms with van der Waals surface area (Å²) < 4.78 is 1.69. The van der Waals surface area contributed by atoms with Gasteiger partial charge in [0.15, 0.2) is 0 Å². The number of hydrogen-bond donors (Lipinski definition) is 0. The Morgan fingerprint density at radius 1 is 0.872 bits per heavy atom. The van der Waals surface area contributed by atoms with E-state index in [-0.39, 0.29) is 11.5 Å². The number of carbonyl (C=O) groups excluding carboxylic acids is 1. The molecule has 5 rings (SSSR count). The summed E-state index contributed by atoms with van der Waals surface area (Å²) in [6.45, 7) is 6.83. The minimum absolute atomic E-state index is 0.0559. The van der Waals surface area contributed by atoms with Crippen LogP contribution in [-0.4, -0.2) is 26.9 Å². The quantitative estimate of drug-likeness (QED) is 0.190. The molecule has 0 N–H and O–H groups in total. The number of fused-ring (bicyclic) bond motifs is 2. The summed E-state index contributed by atoms with van der Waals surface area (Å²) in [6.07, 6.45) is 3.86. The molecule has 198 valence electrons. The predicted octanol–water partition coefficient (Wildman–Crippen LogP) is 7.49. The van der Waals surface area contributed by atoms with Crippen LogP contribution in [0.1, 0.15) is 67.8 Å². The maximum absolute atomic E-state index is 14.1. The van der Waals surface area contributed by atoms with Gasteiger partial charge in [-0.05, 0) is 72.5 Å². The van der Waals surface area contributed by atoms with E-state index in [2.05, 4.69) is 13.8 Å². The van der Waals surface area contributed by atoms with Gasteiger partial charge in [-0.3, -0.25) is 14.2 Å². The summed E-state index contributed by atoms with van der Waals surface area (Å²) in [5.74, 6) is 0.508. The van der Waals surface area contributed by atoms with E-state index in [1.807, 2.05) is 103 Å². The second kappa shape index (κ2) is 11.6. The van der Waals surface area contributed by atoms with Gasteiger partial charge in [0.2, 0.25) is 0 Å². The van der Waals surface area contributed by atoms with E-state index in [0.29, 0.717) is 28.8 Å². The summed E-state index contributed by atoms with van der Waals surface area (Å²) in [5, 5.41) is 2.69. The first-order chi connectivity index (χ1) is 19.0. The highest BCUT2D eigenvalue weighted by molar-refractivity contribution is 5.98. The van der Waals surface area contributed by atoms with Crippen molar-refractivity contribution in [3.05, 3.63) is 118 Å². The van der Waals surface area contributed by atoms with E-state index in [4.69, 9.17) is 4.98 Å². The number of carbonyl (C=O) groups is 1. The monoisotopic (exact) mass is 517 g/mol. The van der Waals surface area contributed by atoms with Gasteiger partial charge >= 0.3 is 0 Å². The summed E-state index contributed by atoms with van der Waals surface area (Å²) in [7, 11) is 0. The summed E-state index contributed by atoms with van der Waals surface area (Å²) in [5.41, 5.74) is 3.10. The Bertz CT molecular complexity index is 1670. The number of benzene rings is 4. The predicted molar refractivity (Wildman–Crippen MR) is 160 cm³/mol. The zero-order valence-corrected chi connectivity index (χ0v) is 22.9. The summed E-state index contributed by atoms with van der Waals surface area (Å²) >= 11 is 0. The smallest absolute Gasteiger partial charge is 0.266 e. The molecular weight excluding hydrogens is 482 g/mol. The highest BCUT2D eigenvalue weighted by Crippen LogP contribution is 2.26. The topological polar surface area (TPSA) is 55.2 Å². The fraction of sp³-hybridized carbons (Fsp3) is 0.265. The molecule has 0 saturated heterocycles. The molecule has 4 aromatic carbocycles. The molecular formula is C34H35N3O2. The highest BCUT2D eigenvalue weighted by atomic mass is 16.2. The minimum Gasteiger partial charge on any atom is -0.329 e. The first-order valence-corrected chi connectivity index (χ1v) is 13.9. The number of hydrogen-bond acceptors (Lipinski definition) is 3. The van der Waals surface area contributed by atoms with E-state index >= 15 is 0 Å². The Morgan fingerprint density at radius 2 is 1.59 bits per heavy atom. The number of para-hydroxylation sites is 1. The van der Waals surface area contributed by atoms with E-state index in [1.54, 1.807) is 4.57 Å². The molecule has 1 atom stereocenters. The van der Waals surface area contributed by atoms with Crippen molar-refractivity contribution in [3.63, 3.8) is 0 Å². The first-order valence-electron chi connectivity index (χ1n) is 13.9. The number of amides is 1. The lowest BCUT2D eigenvalue weighted by molar-refractivity contribution is 0.0677. The average Bonchev–Trinajstić information content (AvgIpc) is 2.98. The second-order valence-corrected chi connectivity index (χ2v) is 10.1. The van der Waals surface area contributed by atoms with Crippen LogP contribution in [0.3, 0.4) is 0 Å². The van der Waals surface area contributed by atoms with Gasteiger partial charge in [-0.15, -0.1) is 0 Å². The van der Waals surface area contributed by atoms with Gasteiger partial charge in [-0.2, -0.15) is 0 Å². The largest absolute Gasteiger partial charge is 0.329 e. The molecule has 0 aliphatic carbocycles. The second-order valence-electron chi connectivity index (χ2n) is 10.1. The van der Waals surface area contributed by atoms with Crippen molar-refractivity contribution in [3.8, 4) is 5.69 Å². The maximum atomic E-state index is 14.1.